The predicted octanol–water partition coefficient (Wildman–Crippen LogP) is 3.47. The maximum absolute atomic E-state index is 13.0. The van der Waals surface area contributed by atoms with Gasteiger partial charge in [-0.15, -0.1) is 0 Å². The van der Waals surface area contributed by atoms with Crippen LogP contribution in [0.25, 0.3) is 5.82 Å². The molecule has 5 nitrogen and oxygen atoms in total. The number of nitrogens with zero attached hydrogens (tertiary/aromatic N) is 3. The lowest BCUT2D eigenvalue weighted by atomic mass is 10.1. The lowest BCUT2D eigenvalue weighted by Gasteiger charge is -2.20. The van der Waals surface area contributed by atoms with Crippen molar-refractivity contribution >= 4 is 5.91 Å². The smallest absolute Gasteiger partial charge is 0.346 e. The van der Waals surface area contributed by atoms with E-state index in [-0.39, 0.29) is 17.6 Å². The third-order valence-corrected chi connectivity index (χ3v) is 4.76. The normalized spacial score (nSPS) is 21.3. The summed E-state index contributed by atoms with van der Waals surface area (Å²) in [6.07, 6.45) is -1.60. The molecular formula is C18H19F3N4O. The number of amides is 1. The molecule has 0 saturated heterocycles. The van der Waals surface area contributed by atoms with Crippen LogP contribution in [0.5, 0.6) is 0 Å². The Labute approximate surface area is 148 Å². The molecule has 2 aromatic rings. The minimum absolute atomic E-state index is 0.0958. The number of halogens is 3. The first-order valence-electron chi connectivity index (χ1n) is 8.52. The van der Waals surface area contributed by atoms with Crippen molar-refractivity contribution in [3.8, 4) is 5.82 Å². The molecule has 1 fully saturated rings. The Balaban J connectivity index is 1.79. The maximum atomic E-state index is 13.0. The second-order valence-electron chi connectivity index (χ2n) is 8.04. The highest BCUT2D eigenvalue weighted by Crippen LogP contribution is 2.57. The zero-order chi connectivity index (χ0) is 18.9. The Bertz CT molecular complexity index is 895. The van der Waals surface area contributed by atoms with E-state index in [1.807, 2.05) is 20.8 Å². The molecule has 0 aliphatic heterocycles. The molecule has 2 aliphatic carbocycles. The molecule has 2 atom stereocenters. The Hall–Kier alpha value is -2.38. The maximum Gasteiger partial charge on any atom is 0.416 e. The Kier molecular flexibility index (Phi) is 3.48. The van der Waals surface area contributed by atoms with Gasteiger partial charge in [0.15, 0.2) is 11.5 Å². The van der Waals surface area contributed by atoms with Crippen molar-refractivity contribution in [1.82, 2.24) is 20.1 Å². The summed E-state index contributed by atoms with van der Waals surface area (Å²) in [5.41, 5.74) is 0.760. The first-order chi connectivity index (χ1) is 12.0. The van der Waals surface area contributed by atoms with Crippen LogP contribution in [-0.4, -0.2) is 26.2 Å². The zero-order valence-electron chi connectivity index (χ0n) is 14.7. The molecule has 0 aromatic carbocycles. The summed E-state index contributed by atoms with van der Waals surface area (Å²) in [5.74, 6) is 0.505. The standard InChI is InChI=1S/C18H19F3N4O/c1-17(2,3)23-16(26)14-12-7-9-6-11(9)15(12)25(24-14)13-8-10(4-5-22-13)18(19,20)21/h4-5,8-9,11H,6-7H2,1-3H3,(H,23,26)/t9-,11-/m0/s1. The number of aromatic nitrogens is 3. The number of rotatable bonds is 2. The van der Waals surface area contributed by atoms with Gasteiger partial charge in [-0.25, -0.2) is 9.67 Å². The highest BCUT2D eigenvalue weighted by atomic mass is 19.4. The van der Waals surface area contributed by atoms with Crippen molar-refractivity contribution in [2.75, 3.05) is 0 Å². The third-order valence-electron chi connectivity index (χ3n) is 4.76. The van der Waals surface area contributed by atoms with E-state index in [9.17, 15) is 18.0 Å². The van der Waals surface area contributed by atoms with E-state index in [0.29, 0.717) is 11.6 Å². The van der Waals surface area contributed by atoms with Crippen LogP contribution in [0.15, 0.2) is 18.3 Å². The highest BCUT2D eigenvalue weighted by molar-refractivity contribution is 5.95. The van der Waals surface area contributed by atoms with Gasteiger partial charge in [0.2, 0.25) is 0 Å². The van der Waals surface area contributed by atoms with E-state index in [0.717, 1.165) is 42.4 Å². The average molecular weight is 364 g/mol. The van der Waals surface area contributed by atoms with Gasteiger partial charge in [0, 0.05) is 23.2 Å². The SMILES string of the molecule is CC(C)(C)NC(=O)c1nn(-c2cc(C(F)(F)F)ccn2)c2c1C[C@@H]1C[C@H]21. The number of alkyl halides is 3. The van der Waals surface area contributed by atoms with Gasteiger partial charge in [0.25, 0.3) is 5.91 Å². The number of nitrogens with one attached hydrogen (secondary N) is 1. The molecular weight excluding hydrogens is 345 g/mol. The minimum atomic E-state index is -4.46. The molecule has 1 saturated carbocycles. The van der Waals surface area contributed by atoms with E-state index in [4.69, 9.17) is 0 Å². The van der Waals surface area contributed by atoms with Gasteiger partial charge in [-0.05, 0) is 51.7 Å². The molecule has 26 heavy (non-hydrogen) atoms. The molecule has 138 valence electrons. The largest absolute Gasteiger partial charge is 0.416 e. The summed E-state index contributed by atoms with van der Waals surface area (Å²) >= 11 is 0. The number of carbonyl (C=O) groups is 1. The van der Waals surface area contributed by atoms with Crippen LogP contribution in [-0.2, 0) is 12.6 Å². The molecule has 0 bridgehead atoms. The van der Waals surface area contributed by atoms with Crippen LogP contribution in [0.2, 0.25) is 0 Å². The van der Waals surface area contributed by atoms with Crippen molar-refractivity contribution in [3.63, 3.8) is 0 Å². The molecule has 1 N–H and O–H groups in total. The lowest BCUT2D eigenvalue weighted by Crippen LogP contribution is -2.41. The van der Waals surface area contributed by atoms with Crippen molar-refractivity contribution in [2.45, 2.75) is 51.2 Å². The van der Waals surface area contributed by atoms with Crippen LogP contribution in [0.3, 0.4) is 0 Å². The third kappa shape index (κ3) is 2.87. The van der Waals surface area contributed by atoms with E-state index >= 15 is 0 Å². The highest BCUT2D eigenvalue weighted by Gasteiger charge is 2.50. The van der Waals surface area contributed by atoms with Gasteiger partial charge in [0.1, 0.15) is 0 Å². The van der Waals surface area contributed by atoms with E-state index in [1.54, 1.807) is 0 Å². The summed E-state index contributed by atoms with van der Waals surface area (Å²) in [6.45, 7) is 5.61. The van der Waals surface area contributed by atoms with Crippen molar-refractivity contribution in [1.29, 1.82) is 0 Å². The molecule has 2 heterocycles. The number of carbonyl (C=O) groups excluding carboxylic acids is 1. The fourth-order valence-electron chi connectivity index (χ4n) is 3.58. The van der Waals surface area contributed by atoms with Crippen LogP contribution in [0.1, 0.15) is 60.4 Å². The van der Waals surface area contributed by atoms with Crippen LogP contribution in [0.4, 0.5) is 13.2 Å². The monoisotopic (exact) mass is 364 g/mol. The molecule has 0 unspecified atom stereocenters. The van der Waals surface area contributed by atoms with Crippen LogP contribution in [0, 0.1) is 5.92 Å². The lowest BCUT2D eigenvalue weighted by molar-refractivity contribution is -0.137. The summed E-state index contributed by atoms with van der Waals surface area (Å²) in [6, 6.07) is 1.91. The predicted molar refractivity (Wildman–Crippen MR) is 88.1 cm³/mol. The summed E-state index contributed by atoms with van der Waals surface area (Å²) in [5, 5.41) is 7.24. The topological polar surface area (TPSA) is 59.8 Å². The zero-order valence-corrected chi connectivity index (χ0v) is 14.7. The van der Waals surface area contributed by atoms with Gasteiger partial charge < -0.3 is 5.32 Å². The molecule has 0 spiro atoms. The molecule has 2 aliphatic rings. The Morgan fingerprint density at radius 3 is 2.69 bits per heavy atom. The summed E-state index contributed by atoms with van der Waals surface area (Å²) in [7, 11) is 0. The molecule has 1 amide bonds. The number of hydrogen-bond acceptors (Lipinski definition) is 3. The van der Waals surface area contributed by atoms with Gasteiger partial charge in [-0.3, -0.25) is 4.79 Å². The molecule has 0 radical (unpaired) electrons. The second-order valence-corrected chi connectivity index (χ2v) is 8.04. The number of pyridine rings is 1. The minimum Gasteiger partial charge on any atom is -0.346 e. The summed E-state index contributed by atoms with van der Waals surface area (Å²) in [4.78, 5) is 16.7. The fourth-order valence-corrected chi connectivity index (χ4v) is 3.58. The van der Waals surface area contributed by atoms with Crippen molar-refractivity contribution in [2.24, 2.45) is 5.92 Å². The quantitative estimate of drug-likeness (QED) is 0.888. The first-order valence-corrected chi connectivity index (χ1v) is 8.52. The van der Waals surface area contributed by atoms with E-state index in [1.165, 1.54) is 4.68 Å². The van der Waals surface area contributed by atoms with Gasteiger partial charge >= 0.3 is 6.18 Å². The second kappa shape index (κ2) is 5.31. The van der Waals surface area contributed by atoms with E-state index < -0.39 is 17.3 Å². The van der Waals surface area contributed by atoms with Crippen LogP contribution >= 0.6 is 0 Å². The number of fused-ring (bicyclic) bond motifs is 3. The van der Waals surface area contributed by atoms with Gasteiger partial charge in [-0.2, -0.15) is 18.3 Å². The molecule has 8 heteroatoms. The first kappa shape index (κ1) is 17.1. The Morgan fingerprint density at radius 1 is 1.31 bits per heavy atom. The van der Waals surface area contributed by atoms with Gasteiger partial charge in [0.05, 0.1) is 11.3 Å². The number of hydrogen-bond donors (Lipinski definition) is 1. The fraction of sp³-hybridized carbons (Fsp3) is 0.500. The molecule has 4 rings (SSSR count). The van der Waals surface area contributed by atoms with Crippen molar-refractivity contribution in [3.05, 3.63) is 40.8 Å². The summed E-state index contributed by atoms with van der Waals surface area (Å²) < 4.78 is 40.6. The van der Waals surface area contributed by atoms with Gasteiger partial charge in [-0.1, -0.05) is 0 Å². The van der Waals surface area contributed by atoms with E-state index in [2.05, 4.69) is 15.4 Å². The average Bonchev–Trinajstić information content (AvgIpc) is 3.01. The van der Waals surface area contributed by atoms with Crippen molar-refractivity contribution < 1.29 is 18.0 Å². The Morgan fingerprint density at radius 2 is 2.04 bits per heavy atom. The molecule has 2 aromatic heterocycles. The van der Waals surface area contributed by atoms with Crippen LogP contribution < -0.4 is 5.32 Å².